The number of benzene rings is 1. The molecule has 1 rings (SSSR count). The van der Waals surface area contributed by atoms with Gasteiger partial charge >= 0.3 is 0 Å². The molecule has 0 amide bonds. The van der Waals surface area contributed by atoms with Gasteiger partial charge in [0.2, 0.25) is 0 Å². The Balaban J connectivity index is 0.00000484. The Morgan fingerprint density at radius 2 is 2.00 bits per heavy atom. The van der Waals surface area contributed by atoms with Crippen LogP contribution in [0.4, 0.5) is 0 Å². The van der Waals surface area contributed by atoms with Crippen LogP contribution < -0.4 is 15.8 Å². The molecule has 0 saturated carbocycles. The number of aryl methyl sites for hydroxylation is 1. The van der Waals surface area contributed by atoms with Gasteiger partial charge in [-0.3, -0.25) is 0 Å². The van der Waals surface area contributed by atoms with Crippen molar-refractivity contribution in [2.24, 2.45) is 10.7 Å². The second kappa shape index (κ2) is 12.4. The molecule has 0 radical (unpaired) electrons. The molecule has 132 valence electrons. The number of halogens is 1. The van der Waals surface area contributed by atoms with Gasteiger partial charge in [0.1, 0.15) is 12.4 Å². The summed E-state index contributed by atoms with van der Waals surface area (Å²) >= 11 is 0. The molecule has 1 aromatic carbocycles. The van der Waals surface area contributed by atoms with E-state index < -0.39 is 0 Å². The second-order valence-corrected chi connectivity index (χ2v) is 5.15. The van der Waals surface area contributed by atoms with Crippen molar-refractivity contribution in [3.05, 3.63) is 29.3 Å². The lowest BCUT2D eigenvalue weighted by molar-refractivity contribution is 0.145. The third-order valence-corrected chi connectivity index (χ3v) is 3.00. The highest BCUT2D eigenvalue weighted by atomic mass is 127. The lowest BCUT2D eigenvalue weighted by Gasteiger charge is -2.14. The predicted octanol–water partition coefficient (Wildman–Crippen LogP) is 2.08. The van der Waals surface area contributed by atoms with E-state index in [4.69, 9.17) is 19.9 Å². The van der Waals surface area contributed by atoms with Gasteiger partial charge in [0.15, 0.2) is 5.96 Å². The van der Waals surface area contributed by atoms with Gasteiger partial charge in [0.25, 0.3) is 0 Å². The van der Waals surface area contributed by atoms with Gasteiger partial charge in [0, 0.05) is 25.8 Å². The molecule has 0 aliphatic heterocycles. The summed E-state index contributed by atoms with van der Waals surface area (Å²) in [6.45, 7) is 6.10. The fourth-order valence-electron chi connectivity index (χ4n) is 1.92. The van der Waals surface area contributed by atoms with Crippen molar-refractivity contribution in [2.75, 3.05) is 34.0 Å². The van der Waals surface area contributed by atoms with Crippen molar-refractivity contribution in [3.63, 3.8) is 0 Å². The summed E-state index contributed by atoms with van der Waals surface area (Å²) in [5.41, 5.74) is 8.01. The summed E-state index contributed by atoms with van der Waals surface area (Å²) in [5, 5.41) is 3.08. The third kappa shape index (κ3) is 8.97. The van der Waals surface area contributed by atoms with Crippen molar-refractivity contribution in [1.29, 1.82) is 0 Å². The maximum atomic E-state index is 5.88. The molecule has 1 aromatic rings. The summed E-state index contributed by atoms with van der Waals surface area (Å²) in [4.78, 5) is 4.35. The van der Waals surface area contributed by atoms with Crippen molar-refractivity contribution >= 4 is 29.9 Å². The normalized spacial score (nSPS) is 12.4. The largest absolute Gasteiger partial charge is 0.491 e. The van der Waals surface area contributed by atoms with Gasteiger partial charge in [-0.05, 0) is 25.5 Å². The Bertz CT molecular complexity index is 484. The van der Waals surface area contributed by atoms with Gasteiger partial charge in [-0.1, -0.05) is 12.1 Å². The third-order valence-electron chi connectivity index (χ3n) is 3.00. The maximum absolute atomic E-state index is 5.88. The number of nitrogens with two attached hydrogens (primary N) is 1. The standard InChI is InChI=1S/C16H27N3O3.HI/c1-12-5-6-14(15(9-12)22-8-7-20-3)10-18-16(17)19-13(2)11-21-4;/h5-6,9,13H,7-8,10-11H2,1-4H3,(H3,17,18,19);1H. The highest BCUT2D eigenvalue weighted by Crippen LogP contribution is 2.21. The minimum absolute atomic E-state index is 0. The average Bonchev–Trinajstić information content (AvgIpc) is 2.47. The fourth-order valence-corrected chi connectivity index (χ4v) is 1.92. The number of nitrogens with one attached hydrogen (secondary N) is 1. The van der Waals surface area contributed by atoms with E-state index in [-0.39, 0.29) is 30.0 Å². The molecule has 0 aromatic heterocycles. The van der Waals surface area contributed by atoms with E-state index in [1.165, 1.54) is 0 Å². The number of methoxy groups -OCH3 is 2. The van der Waals surface area contributed by atoms with Gasteiger partial charge in [0.05, 0.1) is 19.8 Å². The van der Waals surface area contributed by atoms with Crippen LogP contribution in [0.25, 0.3) is 0 Å². The molecule has 0 spiro atoms. The monoisotopic (exact) mass is 437 g/mol. The Labute approximate surface area is 155 Å². The summed E-state index contributed by atoms with van der Waals surface area (Å²) in [6, 6.07) is 6.15. The first kappa shape index (κ1) is 21.9. The Kier molecular flexibility index (Phi) is 11.8. The van der Waals surface area contributed by atoms with Gasteiger partial charge in [-0.25, -0.2) is 4.99 Å². The number of hydrogen-bond donors (Lipinski definition) is 2. The van der Waals surface area contributed by atoms with E-state index in [1.54, 1.807) is 14.2 Å². The van der Waals surface area contributed by atoms with E-state index in [0.717, 1.165) is 16.9 Å². The summed E-state index contributed by atoms with van der Waals surface area (Å²) in [7, 11) is 3.31. The minimum atomic E-state index is 0. The Hall–Kier alpha value is -1.06. The zero-order valence-electron chi connectivity index (χ0n) is 14.3. The molecular formula is C16H28IN3O3. The van der Waals surface area contributed by atoms with E-state index in [9.17, 15) is 0 Å². The van der Waals surface area contributed by atoms with E-state index in [1.807, 2.05) is 32.0 Å². The summed E-state index contributed by atoms with van der Waals surface area (Å²) < 4.78 is 15.8. The Morgan fingerprint density at radius 1 is 1.26 bits per heavy atom. The number of aliphatic imine (C=N–C) groups is 1. The fraction of sp³-hybridized carbons (Fsp3) is 0.562. The molecule has 0 heterocycles. The van der Waals surface area contributed by atoms with Crippen LogP contribution in [-0.4, -0.2) is 46.0 Å². The van der Waals surface area contributed by atoms with Crippen LogP contribution in [0.5, 0.6) is 5.75 Å². The topological polar surface area (TPSA) is 78.1 Å². The van der Waals surface area contributed by atoms with Crippen molar-refractivity contribution in [2.45, 2.75) is 26.4 Å². The van der Waals surface area contributed by atoms with Crippen LogP contribution in [0.1, 0.15) is 18.1 Å². The molecule has 23 heavy (non-hydrogen) atoms. The minimum Gasteiger partial charge on any atom is -0.491 e. The summed E-state index contributed by atoms with van der Waals surface area (Å²) in [5.74, 6) is 1.21. The molecule has 3 N–H and O–H groups in total. The molecule has 0 aliphatic carbocycles. The summed E-state index contributed by atoms with van der Waals surface area (Å²) in [6.07, 6.45) is 0. The van der Waals surface area contributed by atoms with Crippen LogP contribution in [0.15, 0.2) is 23.2 Å². The predicted molar refractivity (Wildman–Crippen MR) is 104 cm³/mol. The molecule has 0 saturated heterocycles. The van der Waals surface area contributed by atoms with E-state index in [0.29, 0.717) is 32.3 Å². The SMILES string of the molecule is COCCOc1cc(C)ccc1CN=C(N)NC(C)COC.I. The first-order valence-corrected chi connectivity index (χ1v) is 7.33. The van der Waals surface area contributed by atoms with Crippen LogP contribution >= 0.6 is 24.0 Å². The highest BCUT2D eigenvalue weighted by molar-refractivity contribution is 14.0. The van der Waals surface area contributed by atoms with E-state index >= 15 is 0 Å². The molecule has 0 aliphatic rings. The molecule has 1 atom stereocenters. The van der Waals surface area contributed by atoms with Crippen molar-refractivity contribution in [1.82, 2.24) is 5.32 Å². The van der Waals surface area contributed by atoms with Crippen LogP contribution in [0, 0.1) is 6.92 Å². The van der Waals surface area contributed by atoms with Crippen molar-refractivity contribution in [3.8, 4) is 5.75 Å². The molecule has 0 fully saturated rings. The van der Waals surface area contributed by atoms with Crippen LogP contribution in [-0.2, 0) is 16.0 Å². The first-order valence-electron chi connectivity index (χ1n) is 7.33. The molecule has 6 nitrogen and oxygen atoms in total. The number of ether oxygens (including phenoxy) is 3. The number of hydrogen-bond acceptors (Lipinski definition) is 4. The maximum Gasteiger partial charge on any atom is 0.189 e. The van der Waals surface area contributed by atoms with Gasteiger partial charge in [-0.2, -0.15) is 0 Å². The lowest BCUT2D eigenvalue weighted by atomic mass is 10.1. The number of nitrogens with zero attached hydrogens (tertiary/aromatic N) is 1. The van der Waals surface area contributed by atoms with Crippen molar-refractivity contribution < 1.29 is 14.2 Å². The zero-order chi connectivity index (χ0) is 16.4. The van der Waals surface area contributed by atoms with Gasteiger partial charge < -0.3 is 25.3 Å². The first-order chi connectivity index (χ1) is 10.6. The Morgan fingerprint density at radius 3 is 2.65 bits per heavy atom. The lowest BCUT2D eigenvalue weighted by Crippen LogP contribution is -2.40. The molecular weight excluding hydrogens is 409 g/mol. The van der Waals surface area contributed by atoms with Crippen LogP contribution in [0.3, 0.4) is 0 Å². The molecule has 7 heteroatoms. The van der Waals surface area contributed by atoms with E-state index in [2.05, 4.69) is 10.3 Å². The van der Waals surface area contributed by atoms with Gasteiger partial charge in [-0.15, -0.1) is 24.0 Å². The molecule has 0 bridgehead atoms. The second-order valence-electron chi connectivity index (χ2n) is 5.15. The zero-order valence-corrected chi connectivity index (χ0v) is 16.6. The number of rotatable bonds is 9. The molecule has 1 unspecified atom stereocenters. The highest BCUT2D eigenvalue weighted by Gasteiger charge is 2.06. The quantitative estimate of drug-likeness (QED) is 0.268. The average molecular weight is 437 g/mol. The number of guanidine groups is 1. The smallest absolute Gasteiger partial charge is 0.189 e. The van der Waals surface area contributed by atoms with Crippen LogP contribution in [0.2, 0.25) is 0 Å².